The quantitative estimate of drug-likeness (QED) is 0.590. The lowest BCUT2D eigenvalue weighted by atomic mass is 10.2. The third-order valence-electron chi connectivity index (χ3n) is 5.16. The second-order valence-electron chi connectivity index (χ2n) is 7.10. The van der Waals surface area contributed by atoms with Crippen molar-refractivity contribution in [2.24, 2.45) is 0 Å². The Kier molecular flexibility index (Phi) is 5.69. The number of unbranched alkanes of at least 4 members (excludes halogenated alkanes) is 2. The van der Waals surface area contributed by atoms with Crippen LogP contribution in [0.25, 0.3) is 17.0 Å². The highest BCUT2D eigenvalue weighted by Crippen LogP contribution is 2.24. The first kappa shape index (κ1) is 19.0. The van der Waals surface area contributed by atoms with Crippen LogP contribution in [0.2, 0.25) is 5.02 Å². The van der Waals surface area contributed by atoms with Crippen molar-refractivity contribution in [3.05, 3.63) is 51.9 Å². The predicted molar refractivity (Wildman–Crippen MR) is 112 cm³/mol. The van der Waals surface area contributed by atoms with E-state index < -0.39 is 0 Å². The van der Waals surface area contributed by atoms with Gasteiger partial charge in [0.1, 0.15) is 5.82 Å². The van der Waals surface area contributed by atoms with Crippen molar-refractivity contribution in [1.29, 1.82) is 0 Å². The molecule has 0 unspecified atom stereocenters. The number of halogens is 1. The van der Waals surface area contributed by atoms with E-state index in [4.69, 9.17) is 21.3 Å². The molecule has 1 aliphatic heterocycles. The molecule has 0 amide bonds. The van der Waals surface area contributed by atoms with Crippen molar-refractivity contribution in [2.75, 3.05) is 31.2 Å². The molecule has 7 heteroatoms. The summed E-state index contributed by atoms with van der Waals surface area (Å²) in [6, 6.07) is 9.27. The van der Waals surface area contributed by atoms with Crippen LogP contribution in [0.3, 0.4) is 0 Å². The summed E-state index contributed by atoms with van der Waals surface area (Å²) >= 11 is 6.01. The molecule has 0 atom stereocenters. The van der Waals surface area contributed by atoms with Crippen LogP contribution < -0.4 is 10.5 Å². The second kappa shape index (κ2) is 8.37. The molecule has 148 valence electrons. The Hall–Kier alpha value is -2.31. The molecule has 0 spiro atoms. The number of benzene rings is 1. The number of ether oxygens (including phenoxy) is 1. The first-order valence-corrected chi connectivity index (χ1v) is 10.3. The highest BCUT2D eigenvalue weighted by molar-refractivity contribution is 6.30. The Bertz CT molecular complexity index is 1000. The summed E-state index contributed by atoms with van der Waals surface area (Å²) in [7, 11) is 0. The lowest BCUT2D eigenvalue weighted by Crippen LogP contribution is -2.39. The molecule has 3 aromatic rings. The monoisotopic (exact) mass is 400 g/mol. The molecule has 0 N–H and O–H groups in total. The number of anilines is 1. The number of nitrogens with zero attached hydrogens (tertiary/aromatic N) is 4. The Morgan fingerprint density at radius 1 is 1.14 bits per heavy atom. The fourth-order valence-electron chi connectivity index (χ4n) is 3.63. The van der Waals surface area contributed by atoms with E-state index >= 15 is 0 Å². The normalized spacial score (nSPS) is 14.7. The Labute approximate surface area is 169 Å². The zero-order chi connectivity index (χ0) is 19.5. The molecular formula is C21H25ClN4O2. The number of rotatable bonds is 6. The molecule has 1 aliphatic rings. The summed E-state index contributed by atoms with van der Waals surface area (Å²) < 4.78 is 9.32. The Morgan fingerprint density at radius 3 is 2.61 bits per heavy atom. The largest absolute Gasteiger partial charge is 0.378 e. The minimum absolute atomic E-state index is 0.0593. The van der Waals surface area contributed by atoms with Gasteiger partial charge in [-0.25, -0.2) is 4.98 Å². The molecule has 0 radical (unpaired) electrons. The lowest BCUT2D eigenvalue weighted by Gasteiger charge is -2.31. The van der Waals surface area contributed by atoms with Crippen LogP contribution in [0.1, 0.15) is 26.2 Å². The van der Waals surface area contributed by atoms with Crippen LogP contribution >= 0.6 is 11.6 Å². The summed E-state index contributed by atoms with van der Waals surface area (Å²) in [4.78, 5) is 19.9. The van der Waals surface area contributed by atoms with E-state index in [1.165, 1.54) is 0 Å². The number of morpholine rings is 1. The summed E-state index contributed by atoms with van der Waals surface area (Å²) in [5, 5.41) is 0.682. The topological polar surface area (TPSA) is 51.8 Å². The Morgan fingerprint density at radius 2 is 1.89 bits per heavy atom. The molecular weight excluding hydrogens is 376 g/mol. The lowest BCUT2D eigenvalue weighted by molar-refractivity contribution is 0.122. The SMILES string of the molecule is CCCCCn1c(N2CCOCC2)cc(=O)n2cc(-c3ccc(Cl)cc3)nc12. The van der Waals surface area contributed by atoms with E-state index in [9.17, 15) is 4.79 Å². The maximum absolute atomic E-state index is 12.9. The molecule has 1 saturated heterocycles. The van der Waals surface area contributed by atoms with Crippen LogP contribution in [0.5, 0.6) is 0 Å². The number of hydrogen-bond acceptors (Lipinski definition) is 4. The van der Waals surface area contributed by atoms with E-state index in [2.05, 4.69) is 16.4 Å². The van der Waals surface area contributed by atoms with Crippen LogP contribution in [-0.2, 0) is 11.3 Å². The number of aryl methyl sites for hydroxylation is 1. The van der Waals surface area contributed by atoms with Crippen molar-refractivity contribution in [3.8, 4) is 11.3 Å². The first-order valence-electron chi connectivity index (χ1n) is 9.89. The predicted octanol–water partition coefficient (Wildman–Crippen LogP) is 3.84. The van der Waals surface area contributed by atoms with Gasteiger partial charge >= 0.3 is 0 Å². The minimum Gasteiger partial charge on any atom is -0.378 e. The molecule has 1 fully saturated rings. The van der Waals surface area contributed by atoms with Crippen molar-refractivity contribution in [1.82, 2.24) is 14.0 Å². The summed E-state index contributed by atoms with van der Waals surface area (Å²) in [5.74, 6) is 1.63. The fourth-order valence-corrected chi connectivity index (χ4v) is 3.76. The van der Waals surface area contributed by atoms with Crippen LogP contribution in [-0.4, -0.2) is 40.3 Å². The van der Waals surface area contributed by atoms with E-state index in [-0.39, 0.29) is 5.56 Å². The second-order valence-corrected chi connectivity index (χ2v) is 7.54. The van der Waals surface area contributed by atoms with Crippen LogP contribution in [0.4, 0.5) is 5.82 Å². The van der Waals surface area contributed by atoms with Gasteiger partial charge in [0.2, 0.25) is 5.78 Å². The van der Waals surface area contributed by atoms with Gasteiger partial charge in [0.25, 0.3) is 5.56 Å². The highest BCUT2D eigenvalue weighted by atomic mass is 35.5. The van der Waals surface area contributed by atoms with Crippen LogP contribution in [0.15, 0.2) is 41.3 Å². The zero-order valence-electron chi connectivity index (χ0n) is 16.1. The van der Waals surface area contributed by atoms with Crippen molar-refractivity contribution >= 4 is 23.2 Å². The summed E-state index contributed by atoms with van der Waals surface area (Å²) in [6.07, 6.45) is 5.16. The molecule has 0 saturated carbocycles. The van der Waals surface area contributed by atoms with E-state index in [0.29, 0.717) is 24.0 Å². The summed E-state index contributed by atoms with van der Waals surface area (Å²) in [6.45, 7) is 5.96. The number of imidazole rings is 1. The standard InChI is InChI=1S/C21H25ClN4O2/c1-2-3-4-9-25-19(24-10-12-28-13-11-24)14-20(27)26-15-18(23-21(25)26)16-5-7-17(22)8-6-16/h5-8,14-15H,2-4,9-13H2,1H3. The number of hydrogen-bond donors (Lipinski definition) is 0. The van der Waals surface area contributed by atoms with Gasteiger partial charge in [-0.3, -0.25) is 13.8 Å². The van der Waals surface area contributed by atoms with Crippen LogP contribution in [0, 0.1) is 0 Å². The van der Waals surface area contributed by atoms with Gasteiger partial charge in [-0.2, -0.15) is 0 Å². The molecule has 0 aliphatic carbocycles. The smallest absolute Gasteiger partial charge is 0.261 e. The number of fused-ring (bicyclic) bond motifs is 1. The van der Waals surface area contributed by atoms with E-state index in [1.807, 2.05) is 30.5 Å². The average molecular weight is 401 g/mol. The molecule has 3 heterocycles. The molecule has 2 aromatic heterocycles. The molecule has 4 rings (SSSR count). The van der Waals surface area contributed by atoms with Gasteiger partial charge in [0.15, 0.2) is 0 Å². The highest BCUT2D eigenvalue weighted by Gasteiger charge is 2.19. The van der Waals surface area contributed by atoms with Gasteiger partial charge in [-0.15, -0.1) is 0 Å². The minimum atomic E-state index is -0.0593. The number of aromatic nitrogens is 3. The van der Waals surface area contributed by atoms with Gasteiger partial charge in [0.05, 0.1) is 18.9 Å². The maximum Gasteiger partial charge on any atom is 0.261 e. The third-order valence-corrected chi connectivity index (χ3v) is 5.41. The van der Waals surface area contributed by atoms with Gasteiger partial charge < -0.3 is 9.64 Å². The van der Waals surface area contributed by atoms with Crippen molar-refractivity contribution < 1.29 is 4.74 Å². The van der Waals surface area contributed by atoms with Gasteiger partial charge in [0, 0.05) is 42.5 Å². The first-order chi connectivity index (χ1) is 13.7. The third kappa shape index (κ3) is 3.80. The average Bonchev–Trinajstić information content (AvgIpc) is 3.17. The van der Waals surface area contributed by atoms with Crippen molar-refractivity contribution in [2.45, 2.75) is 32.7 Å². The van der Waals surface area contributed by atoms with Gasteiger partial charge in [-0.1, -0.05) is 43.5 Å². The summed E-state index contributed by atoms with van der Waals surface area (Å²) in [5.41, 5.74) is 1.66. The van der Waals surface area contributed by atoms with E-state index in [0.717, 1.165) is 56.0 Å². The van der Waals surface area contributed by atoms with Crippen molar-refractivity contribution in [3.63, 3.8) is 0 Å². The molecule has 1 aromatic carbocycles. The van der Waals surface area contributed by atoms with Gasteiger partial charge in [-0.05, 0) is 18.6 Å². The Balaban J connectivity index is 1.83. The maximum atomic E-state index is 12.9. The molecule has 6 nitrogen and oxygen atoms in total. The zero-order valence-corrected chi connectivity index (χ0v) is 16.9. The van der Waals surface area contributed by atoms with E-state index in [1.54, 1.807) is 10.5 Å². The molecule has 0 bridgehead atoms. The molecule has 28 heavy (non-hydrogen) atoms. The fraction of sp³-hybridized carbons (Fsp3) is 0.429.